The van der Waals surface area contributed by atoms with E-state index < -0.39 is 12.2 Å². The summed E-state index contributed by atoms with van der Waals surface area (Å²) in [5.41, 5.74) is 1.75. The van der Waals surface area contributed by atoms with Crippen LogP contribution in [0, 0.1) is 6.92 Å². The van der Waals surface area contributed by atoms with Crippen molar-refractivity contribution in [1.29, 1.82) is 0 Å². The van der Waals surface area contributed by atoms with Crippen molar-refractivity contribution in [2.24, 2.45) is 0 Å². The highest BCUT2D eigenvalue weighted by Crippen LogP contribution is 2.23. The summed E-state index contributed by atoms with van der Waals surface area (Å²) in [6, 6.07) is 5.68. The Balaban J connectivity index is 2.72. The third kappa shape index (κ3) is 3.85. The minimum atomic E-state index is -4.19. The molecule has 0 aromatic heterocycles. The number of hydrogen-bond acceptors (Lipinski definition) is 1. The third-order valence-electron chi connectivity index (χ3n) is 2.41. The molecule has 1 rings (SSSR count). The number of rotatable bonds is 4. The van der Waals surface area contributed by atoms with Crippen molar-refractivity contribution in [2.45, 2.75) is 32.5 Å². The lowest BCUT2D eigenvalue weighted by molar-refractivity contribution is -0.155. The monoisotopic (exact) mass is 231 g/mol. The van der Waals surface area contributed by atoms with Crippen LogP contribution >= 0.6 is 0 Å². The summed E-state index contributed by atoms with van der Waals surface area (Å²) in [7, 11) is 0. The van der Waals surface area contributed by atoms with Crippen LogP contribution in [0.4, 0.5) is 13.2 Å². The number of aryl methyl sites for hydroxylation is 1. The second kappa shape index (κ2) is 5.34. The predicted octanol–water partition coefficient (Wildman–Crippen LogP) is 3.08. The molecule has 0 spiro atoms. The van der Waals surface area contributed by atoms with Gasteiger partial charge in [-0.1, -0.05) is 36.8 Å². The summed E-state index contributed by atoms with van der Waals surface area (Å²) in [6.45, 7) is 3.90. The van der Waals surface area contributed by atoms with Gasteiger partial charge in [0.05, 0.1) is 0 Å². The van der Waals surface area contributed by atoms with Gasteiger partial charge >= 0.3 is 6.18 Å². The second-order valence-electron chi connectivity index (χ2n) is 3.84. The number of likely N-dealkylation sites (N-methyl/N-ethyl adjacent to an activating group) is 1. The van der Waals surface area contributed by atoms with Crippen molar-refractivity contribution in [3.05, 3.63) is 35.4 Å². The first-order chi connectivity index (χ1) is 7.43. The number of halogens is 3. The van der Waals surface area contributed by atoms with Crippen LogP contribution < -0.4 is 5.32 Å². The van der Waals surface area contributed by atoms with Crippen molar-refractivity contribution in [1.82, 2.24) is 5.32 Å². The average Bonchev–Trinajstić information content (AvgIpc) is 2.19. The molecular formula is C12H16F3N. The van der Waals surface area contributed by atoms with Crippen molar-refractivity contribution >= 4 is 0 Å². The fourth-order valence-corrected chi connectivity index (χ4v) is 1.51. The van der Waals surface area contributed by atoms with Crippen molar-refractivity contribution in [3.8, 4) is 0 Å². The van der Waals surface area contributed by atoms with Crippen LogP contribution in [-0.4, -0.2) is 18.8 Å². The topological polar surface area (TPSA) is 12.0 Å². The van der Waals surface area contributed by atoms with Gasteiger partial charge in [0.15, 0.2) is 0 Å². The van der Waals surface area contributed by atoms with Gasteiger partial charge in [-0.05, 0) is 25.5 Å². The summed E-state index contributed by atoms with van der Waals surface area (Å²) >= 11 is 0. The summed E-state index contributed by atoms with van der Waals surface area (Å²) in [5, 5.41) is 2.46. The van der Waals surface area contributed by atoms with Gasteiger partial charge in [0.1, 0.15) is 6.04 Å². The summed E-state index contributed by atoms with van der Waals surface area (Å²) in [6.07, 6.45) is -4.21. The molecule has 1 N–H and O–H groups in total. The Hall–Kier alpha value is -1.03. The first-order valence-corrected chi connectivity index (χ1v) is 5.29. The Bertz CT molecular complexity index is 316. The maximum absolute atomic E-state index is 12.6. The molecule has 90 valence electrons. The van der Waals surface area contributed by atoms with Gasteiger partial charge in [0.2, 0.25) is 0 Å². The van der Waals surface area contributed by atoms with E-state index in [1.165, 1.54) is 0 Å². The Kier molecular flexibility index (Phi) is 4.35. The van der Waals surface area contributed by atoms with Crippen molar-refractivity contribution < 1.29 is 13.2 Å². The minimum Gasteiger partial charge on any atom is -0.306 e. The van der Waals surface area contributed by atoms with Crippen LogP contribution in [0.2, 0.25) is 0 Å². The van der Waals surface area contributed by atoms with E-state index >= 15 is 0 Å². The number of benzene rings is 1. The Morgan fingerprint density at radius 3 is 2.19 bits per heavy atom. The van der Waals surface area contributed by atoms with Gasteiger partial charge in [-0.3, -0.25) is 0 Å². The van der Waals surface area contributed by atoms with E-state index in [2.05, 4.69) is 5.32 Å². The van der Waals surface area contributed by atoms with E-state index in [1.54, 1.807) is 19.1 Å². The van der Waals surface area contributed by atoms with E-state index in [0.29, 0.717) is 12.1 Å². The van der Waals surface area contributed by atoms with Crippen LogP contribution in [0.15, 0.2) is 24.3 Å². The quantitative estimate of drug-likeness (QED) is 0.839. The number of nitrogens with one attached hydrogen (secondary N) is 1. The third-order valence-corrected chi connectivity index (χ3v) is 2.41. The summed E-state index contributed by atoms with van der Waals surface area (Å²) < 4.78 is 37.8. The molecule has 0 aliphatic heterocycles. The molecule has 1 aromatic rings. The second-order valence-corrected chi connectivity index (χ2v) is 3.84. The normalized spacial score (nSPS) is 13.8. The van der Waals surface area contributed by atoms with Gasteiger partial charge in [-0.2, -0.15) is 13.2 Å². The Labute approximate surface area is 93.7 Å². The number of alkyl halides is 3. The first kappa shape index (κ1) is 13.0. The lowest BCUT2D eigenvalue weighted by atomic mass is 10.0. The van der Waals surface area contributed by atoms with E-state index in [4.69, 9.17) is 0 Å². The zero-order valence-corrected chi connectivity index (χ0v) is 9.43. The maximum atomic E-state index is 12.6. The molecule has 0 aliphatic carbocycles. The summed E-state index contributed by atoms with van der Waals surface area (Å²) in [4.78, 5) is 0. The fraction of sp³-hybridized carbons (Fsp3) is 0.500. The highest BCUT2D eigenvalue weighted by atomic mass is 19.4. The zero-order chi connectivity index (χ0) is 12.2. The molecule has 1 atom stereocenters. The summed E-state index contributed by atoms with van der Waals surface area (Å²) in [5.74, 6) is 0. The Morgan fingerprint density at radius 1 is 1.19 bits per heavy atom. The van der Waals surface area contributed by atoms with Gasteiger partial charge in [-0.15, -0.1) is 0 Å². The molecule has 1 aromatic carbocycles. The highest BCUT2D eigenvalue weighted by Gasteiger charge is 2.38. The molecule has 0 saturated heterocycles. The van der Waals surface area contributed by atoms with Crippen LogP contribution in [0.5, 0.6) is 0 Å². The van der Waals surface area contributed by atoms with Gasteiger partial charge in [0.25, 0.3) is 0 Å². The van der Waals surface area contributed by atoms with Crippen LogP contribution in [-0.2, 0) is 6.42 Å². The molecule has 0 saturated carbocycles. The number of hydrogen-bond donors (Lipinski definition) is 1. The fourth-order valence-electron chi connectivity index (χ4n) is 1.51. The molecular weight excluding hydrogens is 215 g/mol. The van der Waals surface area contributed by atoms with Gasteiger partial charge in [-0.25, -0.2) is 0 Å². The molecule has 1 nitrogen and oxygen atoms in total. The van der Waals surface area contributed by atoms with Gasteiger partial charge in [0, 0.05) is 0 Å². The van der Waals surface area contributed by atoms with Gasteiger partial charge < -0.3 is 5.32 Å². The molecule has 0 amide bonds. The molecule has 4 heteroatoms. The van der Waals surface area contributed by atoms with Crippen LogP contribution in [0.25, 0.3) is 0 Å². The standard InChI is InChI=1S/C12H16F3N/c1-3-16-11(12(13,14)15)8-10-6-4-9(2)5-7-10/h4-7,11,16H,3,8H2,1-2H3. The highest BCUT2D eigenvalue weighted by molar-refractivity contribution is 5.22. The molecule has 16 heavy (non-hydrogen) atoms. The molecule has 0 bridgehead atoms. The SMILES string of the molecule is CCNC(Cc1ccc(C)cc1)C(F)(F)F. The van der Waals surface area contributed by atoms with E-state index in [9.17, 15) is 13.2 Å². The lowest BCUT2D eigenvalue weighted by Crippen LogP contribution is -2.43. The predicted molar refractivity (Wildman–Crippen MR) is 58.4 cm³/mol. The molecule has 0 radical (unpaired) electrons. The first-order valence-electron chi connectivity index (χ1n) is 5.29. The minimum absolute atomic E-state index is 0.0162. The molecule has 1 unspecified atom stereocenters. The zero-order valence-electron chi connectivity index (χ0n) is 9.43. The van der Waals surface area contributed by atoms with Crippen LogP contribution in [0.1, 0.15) is 18.1 Å². The van der Waals surface area contributed by atoms with E-state index in [0.717, 1.165) is 5.56 Å². The van der Waals surface area contributed by atoms with Crippen LogP contribution in [0.3, 0.4) is 0 Å². The van der Waals surface area contributed by atoms with Crippen molar-refractivity contribution in [2.75, 3.05) is 6.54 Å². The maximum Gasteiger partial charge on any atom is 0.404 e. The average molecular weight is 231 g/mol. The smallest absolute Gasteiger partial charge is 0.306 e. The molecule has 0 fully saturated rings. The largest absolute Gasteiger partial charge is 0.404 e. The molecule has 0 aliphatic rings. The Morgan fingerprint density at radius 2 is 1.75 bits per heavy atom. The lowest BCUT2D eigenvalue weighted by Gasteiger charge is -2.21. The van der Waals surface area contributed by atoms with E-state index in [-0.39, 0.29) is 6.42 Å². The van der Waals surface area contributed by atoms with Crippen molar-refractivity contribution in [3.63, 3.8) is 0 Å². The van der Waals surface area contributed by atoms with E-state index in [1.807, 2.05) is 19.1 Å². The molecule has 0 heterocycles.